The van der Waals surface area contributed by atoms with Crippen LogP contribution in [0.5, 0.6) is 0 Å². The lowest BCUT2D eigenvalue weighted by atomic mass is 10.1. The molecule has 1 aliphatic heterocycles. The predicted octanol–water partition coefficient (Wildman–Crippen LogP) is 1.66. The summed E-state index contributed by atoms with van der Waals surface area (Å²) in [6.07, 6.45) is 0.834. The summed E-state index contributed by atoms with van der Waals surface area (Å²) in [7, 11) is 1.39. The molecule has 0 fully saturated rings. The zero-order valence-electron chi connectivity index (χ0n) is 7.09. The summed E-state index contributed by atoms with van der Waals surface area (Å²) in [4.78, 5) is 11.1. The number of carbonyl (C=O) groups excluding carboxylic acids is 1. The number of alkyl halides is 1. The molecule has 12 heavy (non-hydrogen) atoms. The molecular formula is C8H11IO3. The summed E-state index contributed by atoms with van der Waals surface area (Å²) in [6, 6.07) is 0. The minimum absolute atomic E-state index is 0.152. The monoisotopic (exact) mass is 282 g/mol. The largest absolute Gasteiger partial charge is 0.493 e. The summed E-state index contributed by atoms with van der Waals surface area (Å²) >= 11 is 2.24. The molecule has 1 atom stereocenters. The van der Waals surface area contributed by atoms with E-state index >= 15 is 0 Å². The summed E-state index contributed by atoms with van der Waals surface area (Å²) in [5.74, 6) is 0.448. The van der Waals surface area contributed by atoms with Gasteiger partial charge in [0.05, 0.1) is 12.7 Å². The van der Waals surface area contributed by atoms with Gasteiger partial charge in [0.1, 0.15) is 11.9 Å². The molecule has 1 aliphatic rings. The average Bonchev–Trinajstić information content (AvgIpc) is 2.45. The molecule has 0 N–H and O–H groups in total. The van der Waals surface area contributed by atoms with E-state index in [0.717, 1.165) is 4.43 Å². The van der Waals surface area contributed by atoms with E-state index in [9.17, 15) is 4.79 Å². The molecule has 0 bridgehead atoms. The number of rotatable bonds is 2. The molecule has 0 aromatic carbocycles. The fourth-order valence-electron chi connectivity index (χ4n) is 1.17. The van der Waals surface area contributed by atoms with Crippen molar-refractivity contribution < 1.29 is 14.3 Å². The van der Waals surface area contributed by atoms with Gasteiger partial charge < -0.3 is 9.47 Å². The number of ether oxygens (including phenoxy) is 2. The maximum Gasteiger partial charge on any atom is 0.337 e. The molecule has 0 amide bonds. The lowest BCUT2D eigenvalue weighted by molar-refractivity contribution is -0.136. The second-order valence-electron chi connectivity index (χ2n) is 2.62. The van der Waals surface area contributed by atoms with Crippen LogP contribution in [0.1, 0.15) is 13.3 Å². The molecule has 1 rings (SSSR count). The van der Waals surface area contributed by atoms with Crippen LogP contribution in [0.3, 0.4) is 0 Å². The van der Waals surface area contributed by atoms with Gasteiger partial charge >= 0.3 is 5.97 Å². The topological polar surface area (TPSA) is 35.5 Å². The highest BCUT2D eigenvalue weighted by atomic mass is 127. The van der Waals surface area contributed by atoms with Gasteiger partial charge in [0, 0.05) is 10.8 Å². The first-order chi connectivity index (χ1) is 5.69. The number of allylic oxidation sites excluding steroid dienone is 1. The Kier molecular flexibility index (Phi) is 3.37. The summed E-state index contributed by atoms with van der Waals surface area (Å²) < 4.78 is 10.9. The zero-order valence-corrected chi connectivity index (χ0v) is 9.25. The molecule has 0 saturated heterocycles. The molecule has 0 aromatic rings. The standard InChI is InChI=1S/C8H11IO3/c1-5-7(8(10)11-2)3-6(4-9)12-5/h6H,3-4H2,1-2H3/t6-/m0/s1. The van der Waals surface area contributed by atoms with Crippen molar-refractivity contribution in [3.05, 3.63) is 11.3 Å². The highest BCUT2D eigenvalue weighted by Crippen LogP contribution is 2.26. The third-order valence-corrected chi connectivity index (χ3v) is 2.79. The molecular weight excluding hydrogens is 271 g/mol. The van der Waals surface area contributed by atoms with Crippen molar-refractivity contribution in [1.82, 2.24) is 0 Å². The molecule has 0 unspecified atom stereocenters. The van der Waals surface area contributed by atoms with Crippen molar-refractivity contribution in [1.29, 1.82) is 0 Å². The minimum Gasteiger partial charge on any atom is -0.493 e. The smallest absolute Gasteiger partial charge is 0.337 e. The number of halogens is 1. The Labute approximate surface area is 85.2 Å². The lowest BCUT2D eigenvalue weighted by Crippen LogP contribution is -2.09. The average molecular weight is 282 g/mol. The second kappa shape index (κ2) is 4.11. The molecule has 0 saturated carbocycles. The number of hydrogen-bond donors (Lipinski definition) is 0. The highest BCUT2D eigenvalue weighted by molar-refractivity contribution is 14.1. The number of carbonyl (C=O) groups is 1. The first-order valence-corrected chi connectivity index (χ1v) is 5.22. The van der Waals surface area contributed by atoms with Crippen LogP contribution in [0.15, 0.2) is 11.3 Å². The first kappa shape index (κ1) is 9.83. The Hall–Kier alpha value is -0.260. The Morgan fingerprint density at radius 2 is 2.50 bits per heavy atom. The van der Waals surface area contributed by atoms with Gasteiger partial charge in [0.15, 0.2) is 0 Å². The van der Waals surface area contributed by atoms with Crippen LogP contribution in [0.2, 0.25) is 0 Å². The third-order valence-electron chi connectivity index (χ3n) is 1.80. The van der Waals surface area contributed by atoms with E-state index in [1.165, 1.54) is 7.11 Å². The predicted molar refractivity (Wildman–Crippen MR) is 53.1 cm³/mol. The Bertz CT molecular complexity index is 222. The van der Waals surface area contributed by atoms with Gasteiger partial charge in [0.25, 0.3) is 0 Å². The normalized spacial score (nSPS) is 22.4. The molecule has 0 spiro atoms. The number of hydrogen-bond acceptors (Lipinski definition) is 3. The van der Waals surface area contributed by atoms with Crippen molar-refractivity contribution in [3.63, 3.8) is 0 Å². The van der Waals surface area contributed by atoms with Gasteiger partial charge in [-0.15, -0.1) is 0 Å². The van der Waals surface area contributed by atoms with E-state index in [1.807, 2.05) is 0 Å². The van der Waals surface area contributed by atoms with Crippen molar-refractivity contribution in [2.45, 2.75) is 19.4 Å². The number of methoxy groups -OCH3 is 1. The quantitative estimate of drug-likeness (QED) is 0.439. The van der Waals surface area contributed by atoms with Gasteiger partial charge in [-0.1, -0.05) is 22.6 Å². The van der Waals surface area contributed by atoms with Crippen LogP contribution >= 0.6 is 22.6 Å². The van der Waals surface area contributed by atoms with Crippen LogP contribution in [-0.4, -0.2) is 23.6 Å². The van der Waals surface area contributed by atoms with Gasteiger partial charge in [-0.25, -0.2) is 4.79 Å². The maximum atomic E-state index is 11.1. The Morgan fingerprint density at radius 1 is 1.83 bits per heavy atom. The van der Waals surface area contributed by atoms with Crippen LogP contribution in [0.4, 0.5) is 0 Å². The Morgan fingerprint density at radius 3 is 2.92 bits per heavy atom. The lowest BCUT2D eigenvalue weighted by Gasteiger charge is -2.05. The van der Waals surface area contributed by atoms with Crippen molar-refractivity contribution in [3.8, 4) is 0 Å². The number of esters is 1. The van der Waals surface area contributed by atoms with Gasteiger partial charge in [0.2, 0.25) is 0 Å². The van der Waals surface area contributed by atoms with Crippen molar-refractivity contribution >= 4 is 28.6 Å². The van der Waals surface area contributed by atoms with E-state index in [-0.39, 0.29) is 12.1 Å². The van der Waals surface area contributed by atoms with E-state index < -0.39 is 0 Å². The van der Waals surface area contributed by atoms with Crippen LogP contribution in [0, 0.1) is 0 Å². The molecule has 3 nitrogen and oxygen atoms in total. The molecule has 0 aliphatic carbocycles. The van der Waals surface area contributed by atoms with E-state index in [4.69, 9.17) is 4.74 Å². The van der Waals surface area contributed by atoms with Gasteiger partial charge in [-0.2, -0.15) is 0 Å². The first-order valence-electron chi connectivity index (χ1n) is 3.69. The molecule has 1 heterocycles. The minimum atomic E-state index is -0.264. The van der Waals surface area contributed by atoms with Crippen LogP contribution < -0.4 is 0 Å². The van der Waals surface area contributed by atoms with Crippen LogP contribution in [0.25, 0.3) is 0 Å². The van der Waals surface area contributed by atoms with Crippen LogP contribution in [-0.2, 0) is 14.3 Å². The van der Waals surface area contributed by atoms with Gasteiger partial charge in [-0.3, -0.25) is 0 Å². The second-order valence-corrected chi connectivity index (χ2v) is 3.51. The van der Waals surface area contributed by atoms with Gasteiger partial charge in [-0.05, 0) is 6.92 Å². The molecule has 68 valence electrons. The summed E-state index contributed by atoms with van der Waals surface area (Å²) in [5, 5.41) is 0. The fourth-order valence-corrected chi connectivity index (χ4v) is 1.66. The van der Waals surface area contributed by atoms with Crippen molar-refractivity contribution in [2.24, 2.45) is 0 Å². The maximum absolute atomic E-state index is 11.1. The molecule has 0 radical (unpaired) electrons. The highest BCUT2D eigenvalue weighted by Gasteiger charge is 2.27. The zero-order chi connectivity index (χ0) is 9.14. The van der Waals surface area contributed by atoms with E-state index in [2.05, 4.69) is 27.3 Å². The molecule has 0 aromatic heterocycles. The fraction of sp³-hybridized carbons (Fsp3) is 0.625. The van der Waals surface area contributed by atoms with E-state index in [1.54, 1.807) is 6.92 Å². The molecule has 4 heteroatoms. The van der Waals surface area contributed by atoms with E-state index in [0.29, 0.717) is 17.8 Å². The summed E-state index contributed by atoms with van der Waals surface area (Å²) in [5.41, 5.74) is 0.680. The third kappa shape index (κ3) is 1.91. The Balaban J connectivity index is 2.66. The SMILES string of the molecule is COC(=O)C1=C(C)O[C@H](CI)C1. The van der Waals surface area contributed by atoms with Crippen molar-refractivity contribution in [2.75, 3.05) is 11.5 Å². The summed E-state index contributed by atoms with van der Waals surface area (Å²) in [6.45, 7) is 1.80.